The Bertz CT molecular complexity index is 1040. The highest BCUT2D eigenvalue weighted by molar-refractivity contribution is 7.89. The van der Waals surface area contributed by atoms with Gasteiger partial charge >= 0.3 is 0 Å². The molecule has 160 valence electrons. The van der Waals surface area contributed by atoms with Crippen LogP contribution in [0.5, 0.6) is 11.5 Å². The number of ether oxygens (including phenoxy) is 2. The molecule has 0 unspecified atom stereocenters. The van der Waals surface area contributed by atoms with Gasteiger partial charge in [0.05, 0.1) is 18.1 Å². The van der Waals surface area contributed by atoms with Crippen LogP contribution in [-0.4, -0.2) is 62.9 Å². The fourth-order valence-corrected chi connectivity index (χ4v) is 5.08. The monoisotopic (exact) mass is 434 g/mol. The van der Waals surface area contributed by atoms with Gasteiger partial charge in [0, 0.05) is 44.2 Å². The number of hydrogen-bond donors (Lipinski definition) is 0. The van der Waals surface area contributed by atoms with Crippen molar-refractivity contribution in [2.24, 2.45) is 0 Å². The van der Waals surface area contributed by atoms with Crippen molar-refractivity contribution in [2.45, 2.75) is 17.7 Å². The standard InChI is InChI=1S/C21H23FN2O5S/c22-17-5-1-4-16(14-17)21(25)23-8-2-9-24(11-10-23)30(26,27)18-6-7-19-20(15-18)29-13-3-12-28-19/h1,4-7,14-15H,2-3,8-13H2. The SMILES string of the molecule is O=C(c1cccc(F)c1)N1CCCN(S(=O)(=O)c2ccc3c(c2)OCCCO3)CC1. The van der Waals surface area contributed by atoms with Crippen LogP contribution >= 0.6 is 0 Å². The molecular weight excluding hydrogens is 411 g/mol. The largest absolute Gasteiger partial charge is 0.490 e. The van der Waals surface area contributed by atoms with Crippen molar-refractivity contribution in [3.63, 3.8) is 0 Å². The molecule has 2 heterocycles. The van der Waals surface area contributed by atoms with Crippen molar-refractivity contribution in [1.82, 2.24) is 9.21 Å². The first kappa shape index (κ1) is 20.6. The Morgan fingerprint density at radius 3 is 2.50 bits per heavy atom. The molecule has 0 bridgehead atoms. The minimum Gasteiger partial charge on any atom is -0.490 e. The minimum absolute atomic E-state index is 0.136. The summed E-state index contributed by atoms with van der Waals surface area (Å²) in [5.41, 5.74) is 0.259. The number of nitrogens with zero attached hydrogens (tertiary/aromatic N) is 2. The number of hydrogen-bond acceptors (Lipinski definition) is 5. The zero-order valence-electron chi connectivity index (χ0n) is 16.4. The predicted molar refractivity (Wildman–Crippen MR) is 108 cm³/mol. The average molecular weight is 434 g/mol. The predicted octanol–water partition coefficient (Wildman–Crippen LogP) is 2.52. The topological polar surface area (TPSA) is 76.2 Å². The summed E-state index contributed by atoms with van der Waals surface area (Å²) >= 11 is 0. The van der Waals surface area contributed by atoms with Crippen LogP contribution in [0.1, 0.15) is 23.2 Å². The van der Waals surface area contributed by atoms with E-state index in [1.54, 1.807) is 17.0 Å². The highest BCUT2D eigenvalue weighted by atomic mass is 32.2. The molecule has 1 saturated heterocycles. The molecule has 0 radical (unpaired) electrons. The summed E-state index contributed by atoms with van der Waals surface area (Å²) in [6, 6.07) is 10.2. The lowest BCUT2D eigenvalue weighted by Crippen LogP contribution is -2.37. The van der Waals surface area contributed by atoms with E-state index >= 15 is 0 Å². The van der Waals surface area contributed by atoms with Crippen molar-refractivity contribution in [1.29, 1.82) is 0 Å². The second-order valence-corrected chi connectivity index (χ2v) is 9.16. The second-order valence-electron chi connectivity index (χ2n) is 7.22. The molecule has 0 spiro atoms. The van der Waals surface area contributed by atoms with Crippen molar-refractivity contribution >= 4 is 15.9 Å². The van der Waals surface area contributed by atoms with E-state index in [1.165, 1.54) is 34.6 Å². The molecule has 2 aliphatic rings. The molecule has 4 rings (SSSR count). The second kappa shape index (κ2) is 8.61. The normalized spacial score (nSPS) is 17.8. The van der Waals surface area contributed by atoms with Crippen molar-refractivity contribution < 1.29 is 27.1 Å². The molecule has 0 atom stereocenters. The molecule has 9 heteroatoms. The Balaban J connectivity index is 1.50. The zero-order valence-corrected chi connectivity index (χ0v) is 17.2. The lowest BCUT2D eigenvalue weighted by Gasteiger charge is -2.22. The highest BCUT2D eigenvalue weighted by Crippen LogP contribution is 2.33. The van der Waals surface area contributed by atoms with Crippen LogP contribution in [0.25, 0.3) is 0 Å². The van der Waals surface area contributed by atoms with Gasteiger partial charge in [-0.15, -0.1) is 0 Å². The van der Waals surface area contributed by atoms with Gasteiger partial charge in [-0.05, 0) is 36.8 Å². The van der Waals surface area contributed by atoms with Crippen LogP contribution in [0.15, 0.2) is 47.4 Å². The Labute approximate surface area is 175 Å². The van der Waals surface area contributed by atoms with Crippen LogP contribution in [0, 0.1) is 5.82 Å². The minimum atomic E-state index is -3.75. The zero-order chi connectivity index (χ0) is 21.1. The first-order valence-corrected chi connectivity index (χ1v) is 11.3. The number of rotatable bonds is 3. The molecule has 1 amide bonds. The quantitative estimate of drug-likeness (QED) is 0.742. The van der Waals surface area contributed by atoms with E-state index in [2.05, 4.69) is 0 Å². The summed E-state index contributed by atoms with van der Waals surface area (Å²) in [5.74, 6) is 0.180. The van der Waals surface area contributed by atoms with Gasteiger partial charge in [0.2, 0.25) is 10.0 Å². The van der Waals surface area contributed by atoms with E-state index in [1.807, 2.05) is 0 Å². The number of carbonyl (C=O) groups is 1. The highest BCUT2D eigenvalue weighted by Gasteiger charge is 2.29. The van der Waals surface area contributed by atoms with E-state index in [4.69, 9.17) is 9.47 Å². The van der Waals surface area contributed by atoms with Gasteiger partial charge in [-0.3, -0.25) is 4.79 Å². The summed E-state index contributed by atoms with van der Waals surface area (Å²) in [6.07, 6.45) is 1.23. The first-order valence-electron chi connectivity index (χ1n) is 9.90. The number of halogens is 1. The van der Waals surface area contributed by atoms with E-state index < -0.39 is 15.8 Å². The maximum absolute atomic E-state index is 13.4. The van der Waals surface area contributed by atoms with Gasteiger partial charge in [0.25, 0.3) is 5.91 Å². The van der Waals surface area contributed by atoms with E-state index in [0.717, 1.165) is 6.42 Å². The maximum atomic E-state index is 13.4. The van der Waals surface area contributed by atoms with E-state index in [-0.39, 0.29) is 29.5 Å². The van der Waals surface area contributed by atoms with Crippen molar-refractivity contribution in [3.8, 4) is 11.5 Å². The van der Waals surface area contributed by atoms with Crippen LogP contribution in [0.4, 0.5) is 4.39 Å². The summed E-state index contributed by atoms with van der Waals surface area (Å²) in [4.78, 5) is 14.4. The van der Waals surface area contributed by atoms with Crippen molar-refractivity contribution in [2.75, 3.05) is 39.4 Å². The molecule has 2 aromatic rings. The number of benzene rings is 2. The fraction of sp³-hybridized carbons (Fsp3) is 0.381. The summed E-state index contributed by atoms with van der Waals surface area (Å²) in [5, 5.41) is 0. The smallest absolute Gasteiger partial charge is 0.254 e. The fourth-order valence-electron chi connectivity index (χ4n) is 3.59. The molecule has 1 fully saturated rings. The lowest BCUT2D eigenvalue weighted by atomic mass is 10.2. The third-order valence-electron chi connectivity index (χ3n) is 5.17. The number of amides is 1. The molecule has 7 nitrogen and oxygen atoms in total. The summed E-state index contributed by atoms with van der Waals surface area (Å²) < 4.78 is 52.4. The maximum Gasteiger partial charge on any atom is 0.254 e. The third kappa shape index (κ3) is 4.27. The van der Waals surface area contributed by atoms with E-state index in [0.29, 0.717) is 44.2 Å². The Morgan fingerprint density at radius 2 is 1.70 bits per heavy atom. The summed E-state index contributed by atoms with van der Waals surface area (Å²) in [7, 11) is -3.75. The Kier molecular flexibility index (Phi) is 5.92. The Morgan fingerprint density at radius 1 is 0.900 bits per heavy atom. The Hall–Kier alpha value is -2.65. The van der Waals surface area contributed by atoms with Gasteiger partial charge in [-0.25, -0.2) is 12.8 Å². The van der Waals surface area contributed by atoms with Crippen LogP contribution in [0.3, 0.4) is 0 Å². The molecule has 0 N–H and O–H groups in total. The van der Waals surface area contributed by atoms with E-state index in [9.17, 15) is 17.6 Å². The van der Waals surface area contributed by atoms with Crippen LogP contribution in [0.2, 0.25) is 0 Å². The molecule has 0 aromatic heterocycles. The molecule has 0 saturated carbocycles. The van der Waals surface area contributed by atoms with Gasteiger partial charge in [-0.1, -0.05) is 6.07 Å². The number of carbonyl (C=O) groups excluding carboxylic acids is 1. The average Bonchev–Trinajstić information content (AvgIpc) is 3.13. The summed E-state index contributed by atoms with van der Waals surface area (Å²) in [6.45, 7) is 2.10. The molecule has 2 aliphatic heterocycles. The van der Waals surface area contributed by atoms with Crippen molar-refractivity contribution in [3.05, 3.63) is 53.8 Å². The van der Waals surface area contributed by atoms with Gasteiger partial charge < -0.3 is 14.4 Å². The van der Waals surface area contributed by atoms with Crippen LogP contribution < -0.4 is 9.47 Å². The number of sulfonamides is 1. The van der Waals surface area contributed by atoms with Gasteiger partial charge in [0.1, 0.15) is 5.82 Å². The van der Waals surface area contributed by atoms with Gasteiger partial charge in [0.15, 0.2) is 11.5 Å². The number of fused-ring (bicyclic) bond motifs is 1. The van der Waals surface area contributed by atoms with Crippen LogP contribution in [-0.2, 0) is 10.0 Å². The van der Waals surface area contributed by atoms with Gasteiger partial charge in [-0.2, -0.15) is 4.31 Å². The lowest BCUT2D eigenvalue weighted by molar-refractivity contribution is 0.0763. The molecule has 30 heavy (non-hydrogen) atoms. The molecular formula is C21H23FN2O5S. The molecule has 2 aromatic carbocycles. The first-order chi connectivity index (χ1) is 14.4. The molecule has 0 aliphatic carbocycles. The third-order valence-corrected chi connectivity index (χ3v) is 7.07.